The van der Waals surface area contributed by atoms with Gasteiger partial charge in [-0.15, -0.1) is 0 Å². The Morgan fingerprint density at radius 2 is 1.55 bits per heavy atom. The molecule has 1 spiro atoms. The number of carbonyl (C=O) groups excluding carboxylic acids is 1. The van der Waals surface area contributed by atoms with E-state index < -0.39 is 0 Å². The smallest absolute Gasteiger partial charge is 0.290 e. The van der Waals surface area contributed by atoms with Crippen molar-refractivity contribution in [2.24, 2.45) is 40.9 Å². The predicted octanol–water partition coefficient (Wildman–Crippen LogP) is 8.93. The Bertz CT molecular complexity index is 771. The van der Waals surface area contributed by atoms with E-state index in [9.17, 15) is 4.79 Å². The number of ketones is 1. The number of nitrogens with zero attached hydrogens (tertiary/aromatic N) is 2. The summed E-state index contributed by atoms with van der Waals surface area (Å²) in [5.74, 6) is 8.56. The number of halogens is 1. The number of carboxylic acid groups (broad SMARTS) is 1. The highest BCUT2D eigenvalue weighted by atomic mass is 79.9. The van der Waals surface area contributed by atoms with E-state index in [0.717, 1.165) is 53.0 Å². The molecule has 0 aromatic rings. The standard InChI is InChI=1S/C29H50N2.C3H6O.C2H6.CH3Br.CH2O2/c1-3-4-6-15-30(2)28-19-26-24-12-10-21-9-11-22(31-16-7-5-8-17-31)18-25(21)23(24)13-14-29(26)20-27(28)29;1-3(2)4;2*1-2;2-1-3/h21-28H,3-20H2,1-2H3;1-2H3;1-2H3;1H3;1H,(H,2,3). The van der Waals surface area contributed by atoms with Gasteiger partial charge in [-0.3, -0.25) is 4.79 Å². The quantitative estimate of drug-likeness (QED) is 0.176. The average molecular weight is 656 g/mol. The zero-order valence-electron chi connectivity index (χ0n) is 28.5. The molecule has 0 amide bonds. The van der Waals surface area contributed by atoms with E-state index in [1.165, 1.54) is 78.4 Å². The molecule has 1 aliphatic heterocycles. The number of hydrogen-bond acceptors (Lipinski definition) is 4. The van der Waals surface area contributed by atoms with Crippen LogP contribution in [-0.4, -0.2) is 71.8 Å². The highest BCUT2D eigenvalue weighted by Gasteiger charge is 2.70. The second kappa shape index (κ2) is 19.1. The van der Waals surface area contributed by atoms with Gasteiger partial charge in [0.1, 0.15) is 5.78 Å². The molecule has 42 heavy (non-hydrogen) atoms. The Hall–Kier alpha value is -0.460. The van der Waals surface area contributed by atoms with Crippen molar-refractivity contribution in [3.8, 4) is 0 Å². The van der Waals surface area contributed by atoms with Crippen LogP contribution in [0, 0.1) is 40.9 Å². The van der Waals surface area contributed by atoms with Gasteiger partial charge in [0.25, 0.3) is 6.47 Å². The van der Waals surface area contributed by atoms with Crippen LogP contribution in [-0.2, 0) is 9.59 Å². The number of carbonyl (C=O) groups is 2. The molecule has 6 rings (SSSR count). The lowest BCUT2D eigenvalue weighted by Crippen LogP contribution is -2.50. The molecule has 6 heteroatoms. The molecule has 5 nitrogen and oxygen atoms in total. The summed E-state index contributed by atoms with van der Waals surface area (Å²) < 4.78 is 0. The van der Waals surface area contributed by atoms with Crippen LogP contribution < -0.4 is 0 Å². The molecule has 6 aliphatic rings. The van der Waals surface area contributed by atoms with Gasteiger partial charge in [-0.25, -0.2) is 0 Å². The molecule has 9 unspecified atom stereocenters. The molecule has 0 aromatic carbocycles. The van der Waals surface area contributed by atoms with Crippen molar-refractivity contribution < 1.29 is 14.7 Å². The molecule has 0 aromatic heterocycles. The van der Waals surface area contributed by atoms with Crippen LogP contribution in [0.4, 0.5) is 0 Å². The van der Waals surface area contributed by atoms with Gasteiger partial charge in [0.15, 0.2) is 0 Å². The number of likely N-dealkylation sites (tertiary alicyclic amines) is 1. The van der Waals surface area contributed by atoms with Crippen molar-refractivity contribution >= 4 is 28.2 Å². The van der Waals surface area contributed by atoms with Gasteiger partial charge in [-0.1, -0.05) is 56.0 Å². The number of unbranched alkanes of at least 4 members (excludes halogenated alkanes) is 2. The molecule has 5 saturated carbocycles. The van der Waals surface area contributed by atoms with E-state index in [1.807, 2.05) is 19.7 Å². The van der Waals surface area contributed by atoms with Gasteiger partial charge in [0.2, 0.25) is 0 Å². The van der Waals surface area contributed by atoms with Crippen LogP contribution in [0.2, 0.25) is 0 Å². The Kier molecular flexibility index (Phi) is 17.2. The number of fused-ring (bicyclic) bond motifs is 4. The first kappa shape index (κ1) is 37.7. The third-order valence-corrected chi connectivity index (χ3v) is 11.9. The van der Waals surface area contributed by atoms with E-state index in [-0.39, 0.29) is 12.3 Å². The van der Waals surface area contributed by atoms with E-state index in [2.05, 4.69) is 39.7 Å². The number of rotatable bonds is 6. The SMILES string of the molecule is CBr.CC.CC(C)=O.CCCCCN(C)C1CC2C3CCC4CCC(N5CCCCC5)CC4C3CCC23CC13.O=CO. The summed E-state index contributed by atoms with van der Waals surface area (Å²) in [6.45, 7) is 13.3. The lowest BCUT2D eigenvalue weighted by molar-refractivity contribution is -0.123. The molecule has 1 heterocycles. The molecule has 1 saturated heterocycles. The fourth-order valence-corrected chi connectivity index (χ4v) is 10.3. The normalized spacial score (nSPS) is 37.5. The summed E-state index contributed by atoms with van der Waals surface area (Å²) in [6.07, 6.45) is 22.9. The average Bonchev–Trinajstić information content (AvgIpc) is 3.62. The molecule has 1 N–H and O–H groups in total. The van der Waals surface area contributed by atoms with Gasteiger partial charge >= 0.3 is 0 Å². The highest BCUT2D eigenvalue weighted by molar-refractivity contribution is 9.08. The molecule has 5 aliphatic carbocycles. The monoisotopic (exact) mass is 654 g/mol. The number of alkyl halides is 1. The van der Waals surface area contributed by atoms with Crippen LogP contribution in [0.15, 0.2) is 0 Å². The van der Waals surface area contributed by atoms with Crippen molar-refractivity contribution in [1.29, 1.82) is 0 Å². The summed E-state index contributed by atoms with van der Waals surface area (Å²) in [6, 6.07) is 1.89. The topological polar surface area (TPSA) is 60.9 Å². The Labute approximate surface area is 268 Å². The summed E-state index contributed by atoms with van der Waals surface area (Å²) >= 11 is 2.94. The molecular weight excluding hydrogens is 588 g/mol. The van der Waals surface area contributed by atoms with E-state index in [0.29, 0.717) is 0 Å². The zero-order valence-corrected chi connectivity index (χ0v) is 30.0. The van der Waals surface area contributed by atoms with Crippen molar-refractivity contribution in [1.82, 2.24) is 9.80 Å². The van der Waals surface area contributed by atoms with E-state index in [4.69, 9.17) is 9.90 Å². The number of piperidine rings is 1. The lowest BCUT2D eigenvalue weighted by atomic mass is 9.52. The van der Waals surface area contributed by atoms with Crippen LogP contribution in [0.3, 0.4) is 0 Å². The van der Waals surface area contributed by atoms with Gasteiger partial charge in [-0.05, 0) is 164 Å². The fourth-order valence-electron chi connectivity index (χ4n) is 10.3. The molecular formula is C36H67BrN2O3. The first-order chi connectivity index (χ1) is 20.4. The summed E-state index contributed by atoms with van der Waals surface area (Å²) in [4.78, 5) is 23.6. The predicted molar refractivity (Wildman–Crippen MR) is 181 cm³/mol. The summed E-state index contributed by atoms with van der Waals surface area (Å²) in [5, 5.41) is 6.89. The lowest BCUT2D eigenvalue weighted by Gasteiger charge is -2.55. The van der Waals surface area contributed by atoms with Crippen molar-refractivity contribution in [2.75, 3.05) is 32.5 Å². The van der Waals surface area contributed by atoms with Crippen LogP contribution in [0.5, 0.6) is 0 Å². The molecule has 0 radical (unpaired) electrons. The maximum absolute atomic E-state index is 9.44. The minimum absolute atomic E-state index is 0.167. The van der Waals surface area contributed by atoms with Gasteiger partial charge in [0.05, 0.1) is 0 Å². The van der Waals surface area contributed by atoms with Gasteiger partial charge in [0, 0.05) is 12.1 Å². The summed E-state index contributed by atoms with van der Waals surface area (Å²) in [7, 11) is 2.47. The van der Waals surface area contributed by atoms with E-state index in [1.54, 1.807) is 51.4 Å². The van der Waals surface area contributed by atoms with E-state index >= 15 is 0 Å². The maximum Gasteiger partial charge on any atom is 0.290 e. The molecule has 0 bridgehead atoms. The van der Waals surface area contributed by atoms with Crippen LogP contribution in [0.1, 0.15) is 131 Å². The Morgan fingerprint density at radius 1 is 0.929 bits per heavy atom. The molecule has 246 valence electrons. The largest absolute Gasteiger partial charge is 0.483 e. The van der Waals surface area contributed by atoms with Crippen molar-refractivity contribution in [3.63, 3.8) is 0 Å². The van der Waals surface area contributed by atoms with Crippen molar-refractivity contribution in [2.45, 2.75) is 143 Å². The third-order valence-electron chi connectivity index (χ3n) is 11.9. The van der Waals surface area contributed by atoms with Crippen molar-refractivity contribution in [3.05, 3.63) is 0 Å². The maximum atomic E-state index is 9.44. The second-order valence-electron chi connectivity index (χ2n) is 14.1. The first-order valence-corrected chi connectivity index (χ1v) is 19.3. The third kappa shape index (κ3) is 9.28. The minimum atomic E-state index is -0.250. The van der Waals surface area contributed by atoms with Gasteiger partial charge in [-0.2, -0.15) is 0 Å². The number of hydrogen-bond donors (Lipinski definition) is 1. The highest BCUT2D eigenvalue weighted by Crippen LogP contribution is 2.76. The van der Waals surface area contributed by atoms with Crippen LogP contribution in [0.25, 0.3) is 0 Å². The zero-order chi connectivity index (χ0) is 31.3. The Balaban J connectivity index is 0.000000495. The number of Topliss-reactive ketones (excluding diaryl/α,β-unsaturated/α-hetero) is 1. The Morgan fingerprint density at radius 3 is 2.17 bits per heavy atom. The second-order valence-corrected chi connectivity index (χ2v) is 14.1. The molecule has 9 atom stereocenters. The first-order valence-electron chi connectivity index (χ1n) is 17.7. The van der Waals surface area contributed by atoms with Gasteiger partial charge < -0.3 is 19.7 Å². The fraction of sp³-hybridized carbons (Fsp3) is 0.944. The van der Waals surface area contributed by atoms with Crippen LogP contribution >= 0.6 is 15.9 Å². The molecule has 6 fully saturated rings. The summed E-state index contributed by atoms with van der Waals surface area (Å²) in [5.41, 5.74) is 0.818. The minimum Gasteiger partial charge on any atom is -0.483 e.